The number of halogens is 3. The van der Waals surface area contributed by atoms with E-state index in [0.29, 0.717) is 17.2 Å². The Morgan fingerprint density at radius 2 is 1.63 bits per heavy atom. The van der Waals surface area contributed by atoms with E-state index in [1.807, 2.05) is 0 Å². The molecule has 4 rings (SSSR count). The minimum absolute atomic E-state index is 0.0133. The van der Waals surface area contributed by atoms with Crippen molar-refractivity contribution in [3.05, 3.63) is 64.5 Å². The van der Waals surface area contributed by atoms with Crippen molar-refractivity contribution in [3.63, 3.8) is 0 Å². The number of alkyl halides is 3. The summed E-state index contributed by atoms with van der Waals surface area (Å²) in [5.74, 6) is 0.574. The lowest BCUT2D eigenvalue weighted by Crippen LogP contribution is -2.07. The van der Waals surface area contributed by atoms with Crippen molar-refractivity contribution in [1.29, 1.82) is 0 Å². The van der Waals surface area contributed by atoms with Gasteiger partial charge in [-0.05, 0) is 30.3 Å². The normalized spacial score (nSPS) is 12.5. The third-order valence-corrected chi connectivity index (χ3v) is 4.09. The average molecular weight is 419 g/mol. The molecule has 0 atom stereocenters. The molecule has 154 valence electrons. The molecule has 0 fully saturated rings. The van der Waals surface area contributed by atoms with Crippen LogP contribution in [0.2, 0.25) is 0 Å². The van der Waals surface area contributed by atoms with Gasteiger partial charge in [0.2, 0.25) is 18.4 Å². The van der Waals surface area contributed by atoms with E-state index in [0.717, 1.165) is 18.5 Å². The monoisotopic (exact) mass is 419 g/mol. The van der Waals surface area contributed by atoms with Crippen molar-refractivity contribution >= 4 is 28.7 Å². The van der Waals surface area contributed by atoms with Gasteiger partial charge in [-0.25, -0.2) is 9.97 Å². The van der Waals surface area contributed by atoms with E-state index in [2.05, 4.69) is 20.6 Å². The quantitative estimate of drug-likeness (QED) is 0.455. The first-order chi connectivity index (χ1) is 14.3. The predicted octanol–water partition coefficient (Wildman–Crippen LogP) is 4.62. The fourth-order valence-electron chi connectivity index (χ4n) is 2.76. The summed E-state index contributed by atoms with van der Waals surface area (Å²) in [7, 11) is 0. The lowest BCUT2D eigenvalue weighted by molar-refractivity contribution is -0.383. The van der Waals surface area contributed by atoms with Crippen LogP contribution in [0, 0.1) is 10.1 Å². The number of benzene rings is 2. The summed E-state index contributed by atoms with van der Waals surface area (Å²) in [5, 5.41) is 17.0. The Labute approximate surface area is 166 Å². The Morgan fingerprint density at radius 1 is 0.967 bits per heavy atom. The molecule has 30 heavy (non-hydrogen) atoms. The molecule has 2 N–H and O–H groups in total. The zero-order chi connectivity index (χ0) is 21.3. The van der Waals surface area contributed by atoms with Gasteiger partial charge in [0.25, 0.3) is 0 Å². The van der Waals surface area contributed by atoms with Gasteiger partial charge in [-0.1, -0.05) is 6.07 Å². The van der Waals surface area contributed by atoms with Crippen molar-refractivity contribution in [1.82, 2.24) is 9.97 Å². The van der Waals surface area contributed by atoms with Crippen LogP contribution in [0.1, 0.15) is 5.56 Å². The molecule has 0 saturated carbocycles. The molecule has 9 nitrogen and oxygen atoms in total. The Kier molecular flexibility index (Phi) is 4.74. The molecule has 0 aliphatic carbocycles. The summed E-state index contributed by atoms with van der Waals surface area (Å²) in [6.45, 7) is 0.0670. The van der Waals surface area contributed by atoms with Gasteiger partial charge in [-0.2, -0.15) is 13.2 Å². The summed E-state index contributed by atoms with van der Waals surface area (Å²) >= 11 is 0. The molecule has 0 bridgehead atoms. The largest absolute Gasteiger partial charge is 0.454 e. The van der Waals surface area contributed by atoms with Gasteiger partial charge in [0.05, 0.1) is 10.5 Å². The lowest BCUT2D eigenvalue weighted by Gasteiger charge is -2.12. The van der Waals surface area contributed by atoms with Crippen LogP contribution in [-0.2, 0) is 6.18 Å². The standard InChI is InChI=1S/C18H12F3N5O4/c19-18(20,21)10-2-1-3-11(6-10)24-16-15(26(27)28)17(23-8-22-16)25-12-4-5-13-14(7-12)30-9-29-13/h1-8H,9H2,(H2,22,23,24,25). The second-order valence-corrected chi connectivity index (χ2v) is 6.07. The minimum atomic E-state index is -4.55. The van der Waals surface area contributed by atoms with Crippen molar-refractivity contribution in [3.8, 4) is 11.5 Å². The van der Waals surface area contributed by atoms with E-state index >= 15 is 0 Å². The molecule has 1 aliphatic rings. The van der Waals surface area contributed by atoms with Crippen molar-refractivity contribution in [2.24, 2.45) is 0 Å². The van der Waals surface area contributed by atoms with Crippen molar-refractivity contribution in [2.75, 3.05) is 17.4 Å². The van der Waals surface area contributed by atoms with Gasteiger partial charge in [0, 0.05) is 17.4 Å². The van der Waals surface area contributed by atoms with Crippen LogP contribution >= 0.6 is 0 Å². The van der Waals surface area contributed by atoms with Gasteiger partial charge < -0.3 is 20.1 Å². The maximum Gasteiger partial charge on any atom is 0.416 e. The summed E-state index contributed by atoms with van der Waals surface area (Å²) in [6.07, 6.45) is -3.50. The topological polar surface area (TPSA) is 111 Å². The highest BCUT2D eigenvalue weighted by Gasteiger charge is 2.31. The van der Waals surface area contributed by atoms with E-state index in [-0.39, 0.29) is 24.1 Å². The second-order valence-electron chi connectivity index (χ2n) is 6.07. The number of aromatic nitrogens is 2. The fourth-order valence-corrected chi connectivity index (χ4v) is 2.76. The molecule has 1 aliphatic heterocycles. The summed E-state index contributed by atoms with van der Waals surface area (Å²) in [4.78, 5) is 18.6. The highest BCUT2D eigenvalue weighted by atomic mass is 19.4. The van der Waals surface area contributed by atoms with Crippen LogP contribution < -0.4 is 20.1 Å². The SMILES string of the molecule is O=[N+]([O-])c1c(Nc2cccc(C(F)(F)F)c2)ncnc1Nc1ccc2c(c1)OCO2. The van der Waals surface area contributed by atoms with E-state index in [1.54, 1.807) is 18.2 Å². The van der Waals surface area contributed by atoms with E-state index in [1.165, 1.54) is 12.1 Å². The van der Waals surface area contributed by atoms with Gasteiger partial charge in [-0.15, -0.1) is 0 Å². The highest BCUT2D eigenvalue weighted by molar-refractivity contribution is 5.77. The maximum absolute atomic E-state index is 12.9. The third kappa shape index (κ3) is 3.87. The summed E-state index contributed by atoms with van der Waals surface area (Å²) in [6, 6.07) is 9.06. The number of hydrogen-bond acceptors (Lipinski definition) is 8. The first-order valence-corrected chi connectivity index (χ1v) is 8.41. The number of fused-ring (bicyclic) bond motifs is 1. The first-order valence-electron chi connectivity index (χ1n) is 8.41. The van der Waals surface area contributed by atoms with Crippen molar-refractivity contribution in [2.45, 2.75) is 6.18 Å². The zero-order valence-corrected chi connectivity index (χ0v) is 14.9. The smallest absolute Gasteiger partial charge is 0.416 e. The molecule has 0 spiro atoms. The number of hydrogen-bond donors (Lipinski definition) is 2. The average Bonchev–Trinajstić information content (AvgIpc) is 3.15. The zero-order valence-electron chi connectivity index (χ0n) is 14.9. The molecule has 1 aromatic heterocycles. The first kappa shape index (κ1) is 19.2. The molecule has 12 heteroatoms. The van der Waals surface area contributed by atoms with Crippen LogP contribution in [0.5, 0.6) is 11.5 Å². The minimum Gasteiger partial charge on any atom is -0.454 e. The maximum atomic E-state index is 12.9. The molecule has 0 amide bonds. The van der Waals surface area contributed by atoms with Gasteiger partial charge in [0.15, 0.2) is 11.5 Å². The summed E-state index contributed by atoms with van der Waals surface area (Å²) < 4.78 is 49.2. The highest BCUT2D eigenvalue weighted by Crippen LogP contribution is 2.38. The Hall–Kier alpha value is -4.09. The van der Waals surface area contributed by atoms with Crippen LogP contribution in [-0.4, -0.2) is 21.7 Å². The number of anilines is 4. The molecule has 2 aromatic carbocycles. The molecule has 0 unspecified atom stereocenters. The van der Waals surface area contributed by atoms with Gasteiger partial charge >= 0.3 is 11.9 Å². The lowest BCUT2D eigenvalue weighted by atomic mass is 10.2. The van der Waals surface area contributed by atoms with Crippen LogP contribution in [0.3, 0.4) is 0 Å². The number of nitrogens with zero attached hydrogens (tertiary/aromatic N) is 3. The molecule has 0 radical (unpaired) electrons. The fraction of sp³-hybridized carbons (Fsp3) is 0.111. The molecule has 0 saturated heterocycles. The van der Waals surface area contributed by atoms with Crippen LogP contribution in [0.4, 0.5) is 41.9 Å². The number of rotatable bonds is 5. The second kappa shape index (κ2) is 7.39. The number of nitrogens with one attached hydrogen (secondary N) is 2. The van der Waals surface area contributed by atoms with Crippen LogP contribution in [0.15, 0.2) is 48.8 Å². The number of ether oxygens (including phenoxy) is 2. The Balaban J connectivity index is 1.66. The molecular formula is C18H12F3N5O4. The Morgan fingerprint density at radius 3 is 2.30 bits per heavy atom. The molecular weight excluding hydrogens is 407 g/mol. The van der Waals surface area contributed by atoms with E-state index in [4.69, 9.17) is 9.47 Å². The summed E-state index contributed by atoms with van der Waals surface area (Å²) in [5.41, 5.74) is -1.01. The van der Waals surface area contributed by atoms with Gasteiger partial charge in [-0.3, -0.25) is 10.1 Å². The number of nitro groups is 1. The molecule has 3 aromatic rings. The third-order valence-electron chi connectivity index (χ3n) is 4.09. The van der Waals surface area contributed by atoms with E-state index in [9.17, 15) is 23.3 Å². The van der Waals surface area contributed by atoms with Crippen LogP contribution in [0.25, 0.3) is 0 Å². The van der Waals surface area contributed by atoms with E-state index < -0.39 is 22.4 Å². The molecule has 2 heterocycles. The predicted molar refractivity (Wildman–Crippen MR) is 99.3 cm³/mol. The Bertz CT molecular complexity index is 1120. The van der Waals surface area contributed by atoms with Crippen molar-refractivity contribution < 1.29 is 27.6 Å². The van der Waals surface area contributed by atoms with Gasteiger partial charge in [0.1, 0.15) is 6.33 Å².